The zero-order valence-corrected chi connectivity index (χ0v) is 15.4. The molecule has 2 aliphatic carbocycles. The molecular weight excluding hydrogens is 336 g/mol. The fourth-order valence-corrected chi connectivity index (χ4v) is 5.62. The molecule has 1 aliphatic heterocycles. The van der Waals surface area contributed by atoms with Crippen molar-refractivity contribution in [2.45, 2.75) is 63.0 Å². The first-order chi connectivity index (χ1) is 12.0. The minimum absolute atomic E-state index is 0.175. The zero-order valence-electron chi connectivity index (χ0n) is 14.5. The molecule has 136 valence electrons. The normalized spacial score (nSPS) is 21.7. The Kier molecular flexibility index (Phi) is 4.48. The number of amides is 1. The van der Waals surface area contributed by atoms with E-state index in [9.17, 15) is 13.2 Å². The van der Waals surface area contributed by atoms with Gasteiger partial charge in [-0.05, 0) is 56.2 Å². The number of rotatable bonds is 4. The molecule has 1 aromatic rings. The van der Waals surface area contributed by atoms with Gasteiger partial charge < -0.3 is 4.90 Å². The molecule has 0 spiro atoms. The first-order valence-corrected chi connectivity index (χ1v) is 11.1. The summed E-state index contributed by atoms with van der Waals surface area (Å²) in [5, 5.41) is -0.290. The summed E-state index contributed by atoms with van der Waals surface area (Å²) in [5.74, 6) is 0.377. The number of fused-ring (bicyclic) bond motifs is 1. The zero-order chi connectivity index (χ0) is 17.4. The van der Waals surface area contributed by atoms with Gasteiger partial charge in [0.2, 0.25) is 15.9 Å². The lowest BCUT2D eigenvalue weighted by molar-refractivity contribution is -0.119. The number of hydrogen-bond donors (Lipinski definition) is 1. The van der Waals surface area contributed by atoms with Gasteiger partial charge in [-0.1, -0.05) is 25.3 Å². The monoisotopic (exact) mass is 362 g/mol. The molecule has 1 amide bonds. The van der Waals surface area contributed by atoms with Crippen LogP contribution in [-0.2, 0) is 21.2 Å². The Balaban J connectivity index is 1.57. The van der Waals surface area contributed by atoms with Crippen molar-refractivity contribution in [1.82, 2.24) is 0 Å². The summed E-state index contributed by atoms with van der Waals surface area (Å²) in [7, 11) is -3.36. The molecule has 0 saturated heterocycles. The summed E-state index contributed by atoms with van der Waals surface area (Å²) in [4.78, 5) is 14.4. The molecule has 0 atom stereocenters. The van der Waals surface area contributed by atoms with E-state index in [-0.39, 0.29) is 17.1 Å². The van der Waals surface area contributed by atoms with E-state index in [1.165, 1.54) is 0 Å². The van der Waals surface area contributed by atoms with E-state index in [2.05, 4.69) is 4.72 Å². The molecule has 25 heavy (non-hydrogen) atoms. The summed E-state index contributed by atoms with van der Waals surface area (Å²) in [6.45, 7) is 0.737. The van der Waals surface area contributed by atoms with Crippen LogP contribution in [0, 0.1) is 5.92 Å². The standard InChI is InChI=1S/C19H26N2O3S/c22-19(15-8-9-15)21-12-4-5-14-10-11-16(13-18(14)21)20-25(23,24)17-6-2-1-3-7-17/h10-11,13,15,17,20H,1-9,12H2. The highest BCUT2D eigenvalue weighted by Gasteiger charge is 2.36. The highest BCUT2D eigenvalue weighted by atomic mass is 32.2. The Hall–Kier alpha value is -1.56. The van der Waals surface area contributed by atoms with Crippen molar-refractivity contribution in [3.8, 4) is 0 Å². The molecular formula is C19H26N2O3S. The lowest BCUT2D eigenvalue weighted by atomic mass is 10.0. The Morgan fingerprint density at radius 3 is 2.52 bits per heavy atom. The van der Waals surface area contributed by atoms with E-state index in [1.807, 2.05) is 23.1 Å². The average molecular weight is 362 g/mol. The maximum atomic E-state index is 12.7. The van der Waals surface area contributed by atoms with E-state index < -0.39 is 10.0 Å². The lowest BCUT2D eigenvalue weighted by Crippen LogP contribution is -2.36. The van der Waals surface area contributed by atoms with Crippen molar-refractivity contribution in [2.24, 2.45) is 5.92 Å². The molecule has 2 fully saturated rings. The number of carbonyl (C=O) groups is 1. The van der Waals surface area contributed by atoms with Gasteiger partial charge in [0, 0.05) is 18.2 Å². The van der Waals surface area contributed by atoms with Crippen LogP contribution in [0.3, 0.4) is 0 Å². The first kappa shape index (κ1) is 16.9. The number of sulfonamides is 1. The Bertz CT molecular complexity index is 765. The van der Waals surface area contributed by atoms with Crippen LogP contribution in [0.2, 0.25) is 0 Å². The molecule has 1 aromatic carbocycles. The quantitative estimate of drug-likeness (QED) is 0.892. The van der Waals surface area contributed by atoms with Gasteiger partial charge in [0.15, 0.2) is 0 Å². The van der Waals surface area contributed by atoms with Gasteiger partial charge in [-0.2, -0.15) is 0 Å². The van der Waals surface area contributed by atoms with Crippen molar-refractivity contribution < 1.29 is 13.2 Å². The highest BCUT2D eigenvalue weighted by molar-refractivity contribution is 7.93. The molecule has 6 heteroatoms. The summed E-state index contributed by atoms with van der Waals surface area (Å²) in [6, 6.07) is 5.67. The molecule has 1 N–H and O–H groups in total. The molecule has 4 rings (SSSR count). The lowest BCUT2D eigenvalue weighted by Gasteiger charge is -2.30. The molecule has 3 aliphatic rings. The van der Waals surface area contributed by atoms with Gasteiger partial charge in [0.25, 0.3) is 0 Å². The van der Waals surface area contributed by atoms with Crippen LogP contribution < -0.4 is 9.62 Å². The van der Waals surface area contributed by atoms with Gasteiger partial charge in [-0.15, -0.1) is 0 Å². The van der Waals surface area contributed by atoms with E-state index in [0.29, 0.717) is 5.69 Å². The molecule has 0 aromatic heterocycles. The third-order valence-corrected chi connectivity index (χ3v) is 7.52. The van der Waals surface area contributed by atoms with Gasteiger partial charge in [-0.3, -0.25) is 9.52 Å². The molecule has 2 saturated carbocycles. The van der Waals surface area contributed by atoms with Crippen LogP contribution in [0.1, 0.15) is 56.9 Å². The Morgan fingerprint density at radius 2 is 1.80 bits per heavy atom. The molecule has 0 unspecified atom stereocenters. The SMILES string of the molecule is O=C(C1CC1)N1CCCc2ccc(NS(=O)(=O)C3CCCCC3)cc21. The number of aryl methyl sites for hydroxylation is 1. The fourth-order valence-electron chi connectivity index (χ4n) is 4.04. The van der Waals surface area contributed by atoms with E-state index >= 15 is 0 Å². The van der Waals surface area contributed by atoms with Gasteiger partial charge in [-0.25, -0.2) is 8.42 Å². The number of anilines is 2. The van der Waals surface area contributed by atoms with Crippen molar-refractivity contribution in [3.63, 3.8) is 0 Å². The van der Waals surface area contributed by atoms with E-state index in [0.717, 1.165) is 75.6 Å². The van der Waals surface area contributed by atoms with E-state index in [1.54, 1.807) is 0 Å². The molecule has 1 heterocycles. The molecule has 0 bridgehead atoms. The van der Waals surface area contributed by atoms with Crippen molar-refractivity contribution >= 4 is 27.3 Å². The van der Waals surface area contributed by atoms with Crippen LogP contribution in [0.5, 0.6) is 0 Å². The largest absolute Gasteiger partial charge is 0.312 e. The first-order valence-electron chi connectivity index (χ1n) is 9.50. The smallest absolute Gasteiger partial charge is 0.235 e. The summed E-state index contributed by atoms with van der Waals surface area (Å²) < 4.78 is 28.1. The van der Waals surface area contributed by atoms with Crippen LogP contribution >= 0.6 is 0 Å². The summed E-state index contributed by atoms with van der Waals surface area (Å²) in [5.41, 5.74) is 2.62. The predicted molar refractivity (Wildman–Crippen MR) is 99.3 cm³/mol. The van der Waals surface area contributed by atoms with Crippen LogP contribution in [0.4, 0.5) is 11.4 Å². The summed E-state index contributed by atoms with van der Waals surface area (Å²) >= 11 is 0. The van der Waals surface area contributed by atoms with Gasteiger partial charge >= 0.3 is 0 Å². The minimum atomic E-state index is -3.36. The number of benzene rings is 1. The fraction of sp³-hybridized carbons (Fsp3) is 0.632. The third-order valence-electron chi connectivity index (χ3n) is 5.65. The molecule has 0 radical (unpaired) electrons. The second kappa shape index (κ2) is 6.63. The maximum Gasteiger partial charge on any atom is 0.235 e. The van der Waals surface area contributed by atoms with Crippen LogP contribution in [0.25, 0.3) is 0 Å². The number of nitrogens with zero attached hydrogens (tertiary/aromatic N) is 1. The molecule has 5 nitrogen and oxygen atoms in total. The van der Waals surface area contributed by atoms with Crippen molar-refractivity contribution in [1.29, 1.82) is 0 Å². The second-order valence-electron chi connectivity index (χ2n) is 7.62. The maximum absolute atomic E-state index is 12.7. The Morgan fingerprint density at radius 1 is 1.04 bits per heavy atom. The topological polar surface area (TPSA) is 66.5 Å². The number of hydrogen-bond acceptors (Lipinski definition) is 3. The van der Waals surface area contributed by atoms with Crippen molar-refractivity contribution in [2.75, 3.05) is 16.2 Å². The minimum Gasteiger partial charge on any atom is -0.312 e. The summed E-state index contributed by atoms with van der Waals surface area (Å²) in [6.07, 6.45) is 8.47. The van der Waals surface area contributed by atoms with E-state index in [4.69, 9.17) is 0 Å². The number of carbonyl (C=O) groups excluding carboxylic acids is 1. The van der Waals surface area contributed by atoms with Crippen LogP contribution in [-0.4, -0.2) is 26.1 Å². The number of nitrogens with one attached hydrogen (secondary N) is 1. The van der Waals surface area contributed by atoms with Gasteiger partial charge in [0.1, 0.15) is 0 Å². The highest BCUT2D eigenvalue weighted by Crippen LogP contribution is 2.37. The second-order valence-corrected chi connectivity index (χ2v) is 9.58. The van der Waals surface area contributed by atoms with Crippen molar-refractivity contribution in [3.05, 3.63) is 23.8 Å². The predicted octanol–water partition coefficient (Wildman–Crippen LogP) is 3.45. The van der Waals surface area contributed by atoms with Gasteiger partial charge in [0.05, 0.1) is 10.9 Å². The Labute approximate surface area is 149 Å². The van der Waals surface area contributed by atoms with Crippen LogP contribution in [0.15, 0.2) is 18.2 Å². The third kappa shape index (κ3) is 3.54. The average Bonchev–Trinajstić information content (AvgIpc) is 3.46.